The lowest BCUT2D eigenvalue weighted by Gasteiger charge is -2.06. The molecule has 104 valence electrons. The number of aromatic nitrogens is 2. The van der Waals surface area contributed by atoms with Crippen LogP contribution < -0.4 is 10.6 Å². The van der Waals surface area contributed by atoms with E-state index in [1.807, 2.05) is 0 Å². The molecule has 3 N–H and O–H groups in total. The van der Waals surface area contributed by atoms with Gasteiger partial charge in [0, 0.05) is 43.2 Å². The standard InChI is InChI=1S/C12H13N5O3/c18-12(15-5-4-11-13-6-7-14-11)16-9-2-1-3-10(8-9)17(19)20/h1-3,6-8H,4-5H2,(H,13,14)(H2,15,16,18). The molecule has 20 heavy (non-hydrogen) atoms. The number of anilines is 1. The summed E-state index contributed by atoms with van der Waals surface area (Å²) in [5, 5.41) is 15.8. The second-order valence-electron chi connectivity index (χ2n) is 3.97. The van der Waals surface area contributed by atoms with E-state index in [4.69, 9.17) is 0 Å². The van der Waals surface area contributed by atoms with Crippen LogP contribution in [0.25, 0.3) is 0 Å². The molecule has 0 aliphatic carbocycles. The van der Waals surface area contributed by atoms with Gasteiger partial charge in [0.1, 0.15) is 5.82 Å². The third kappa shape index (κ3) is 3.80. The molecule has 8 nitrogen and oxygen atoms in total. The number of nitrogens with one attached hydrogen (secondary N) is 3. The summed E-state index contributed by atoms with van der Waals surface area (Å²) in [4.78, 5) is 28.6. The van der Waals surface area contributed by atoms with E-state index in [0.717, 1.165) is 5.82 Å². The minimum atomic E-state index is -0.514. The molecule has 0 unspecified atom stereocenters. The smallest absolute Gasteiger partial charge is 0.319 e. The summed E-state index contributed by atoms with van der Waals surface area (Å²) < 4.78 is 0. The number of H-pyrrole nitrogens is 1. The monoisotopic (exact) mass is 275 g/mol. The Morgan fingerprint density at radius 3 is 3.00 bits per heavy atom. The van der Waals surface area contributed by atoms with Gasteiger partial charge in [-0.3, -0.25) is 10.1 Å². The highest BCUT2D eigenvalue weighted by atomic mass is 16.6. The first-order valence-electron chi connectivity index (χ1n) is 5.93. The second-order valence-corrected chi connectivity index (χ2v) is 3.97. The molecule has 0 aliphatic heterocycles. The first-order chi connectivity index (χ1) is 9.65. The molecule has 0 fully saturated rings. The van der Waals surface area contributed by atoms with E-state index in [1.54, 1.807) is 18.5 Å². The first-order valence-corrected chi connectivity index (χ1v) is 5.93. The van der Waals surface area contributed by atoms with Gasteiger partial charge in [-0.05, 0) is 6.07 Å². The Labute approximate surface area is 114 Å². The average molecular weight is 275 g/mol. The molecule has 0 bridgehead atoms. The van der Waals surface area contributed by atoms with Crippen LogP contribution in [0.1, 0.15) is 5.82 Å². The second kappa shape index (κ2) is 6.32. The number of non-ortho nitro benzene ring substituents is 1. The Bertz CT molecular complexity index is 597. The summed E-state index contributed by atoms with van der Waals surface area (Å²) in [6.07, 6.45) is 3.92. The Kier molecular flexibility index (Phi) is 4.28. The van der Waals surface area contributed by atoms with E-state index in [0.29, 0.717) is 18.7 Å². The Morgan fingerprint density at radius 1 is 1.45 bits per heavy atom. The maximum Gasteiger partial charge on any atom is 0.319 e. The maximum absolute atomic E-state index is 11.6. The molecule has 0 saturated carbocycles. The molecule has 1 aromatic heterocycles. The third-order valence-electron chi connectivity index (χ3n) is 2.52. The molecule has 0 atom stereocenters. The van der Waals surface area contributed by atoms with Crippen LogP contribution in [0.5, 0.6) is 0 Å². The number of hydrogen-bond acceptors (Lipinski definition) is 4. The SMILES string of the molecule is O=C(NCCc1ncc[nH]1)Nc1cccc([N+](=O)[O-])c1. The van der Waals surface area contributed by atoms with Crippen molar-refractivity contribution in [1.29, 1.82) is 0 Å². The summed E-state index contributed by atoms with van der Waals surface area (Å²) in [6.45, 7) is 0.411. The number of carbonyl (C=O) groups excluding carboxylic acids is 1. The first kappa shape index (κ1) is 13.5. The van der Waals surface area contributed by atoms with E-state index in [9.17, 15) is 14.9 Å². The van der Waals surface area contributed by atoms with Crippen molar-refractivity contribution in [3.63, 3.8) is 0 Å². The normalized spacial score (nSPS) is 10.0. The summed E-state index contributed by atoms with van der Waals surface area (Å²) in [6, 6.07) is 5.33. The van der Waals surface area contributed by atoms with Gasteiger partial charge in [-0.2, -0.15) is 0 Å². The molecule has 0 radical (unpaired) electrons. The largest absolute Gasteiger partial charge is 0.349 e. The molecule has 1 aromatic carbocycles. The van der Waals surface area contributed by atoms with Gasteiger partial charge >= 0.3 is 6.03 Å². The van der Waals surface area contributed by atoms with Gasteiger partial charge in [0.25, 0.3) is 5.69 Å². The summed E-state index contributed by atoms with van der Waals surface area (Å²) in [7, 11) is 0. The molecule has 8 heteroatoms. The zero-order valence-electron chi connectivity index (χ0n) is 10.5. The minimum absolute atomic E-state index is 0.0709. The molecule has 1 heterocycles. The third-order valence-corrected chi connectivity index (χ3v) is 2.52. The number of rotatable bonds is 5. The fraction of sp³-hybridized carbons (Fsp3) is 0.167. The number of imidazole rings is 1. The molecule has 2 rings (SSSR count). The summed E-state index contributed by atoms with van der Waals surface area (Å²) in [5.41, 5.74) is 0.299. The Hall–Kier alpha value is -2.90. The highest BCUT2D eigenvalue weighted by Gasteiger charge is 2.07. The number of nitrogens with zero attached hydrogens (tertiary/aromatic N) is 2. The highest BCUT2D eigenvalue weighted by Crippen LogP contribution is 2.16. The number of benzene rings is 1. The molecule has 2 aromatic rings. The summed E-state index contributed by atoms with van der Waals surface area (Å²) >= 11 is 0. The number of carbonyl (C=O) groups is 1. The molecule has 2 amide bonds. The number of aromatic amines is 1. The van der Waals surface area contributed by atoms with E-state index in [2.05, 4.69) is 20.6 Å². The summed E-state index contributed by atoms with van der Waals surface area (Å²) in [5.74, 6) is 0.778. The fourth-order valence-corrected chi connectivity index (χ4v) is 1.60. The van der Waals surface area contributed by atoms with Crippen molar-refractivity contribution in [3.05, 3.63) is 52.6 Å². The van der Waals surface area contributed by atoms with Crippen LogP contribution in [0.3, 0.4) is 0 Å². The number of nitro benzene ring substituents is 1. The van der Waals surface area contributed by atoms with Crippen molar-refractivity contribution in [2.24, 2.45) is 0 Å². The quantitative estimate of drug-likeness (QED) is 0.569. The van der Waals surface area contributed by atoms with Gasteiger partial charge in [-0.1, -0.05) is 6.07 Å². The van der Waals surface area contributed by atoms with Crippen LogP contribution >= 0.6 is 0 Å². The highest BCUT2D eigenvalue weighted by molar-refractivity contribution is 5.89. The molecular formula is C12H13N5O3. The molecule has 0 saturated heterocycles. The van der Waals surface area contributed by atoms with Crippen LogP contribution in [-0.2, 0) is 6.42 Å². The van der Waals surface area contributed by atoms with E-state index >= 15 is 0 Å². The van der Waals surface area contributed by atoms with E-state index in [-0.39, 0.29) is 5.69 Å². The molecule has 0 spiro atoms. The van der Waals surface area contributed by atoms with Crippen molar-refractivity contribution in [2.45, 2.75) is 6.42 Å². The topological polar surface area (TPSA) is 113 Å². The van der Waals surface area contributed by atoms with E-state index in [1.165, 1.54) is 18.2 Å². The lowest BCUT2D eigenvalue weighted by Crippen LogP contribution is -2.30. The van der Waals surface area contributed by atoms with Crippen LogP contribution in [-0.4, -0.2) is 27.5 Å². The molecular weight excluding hydrogens is 262 g/mol. The van der Waals surface area contributed by atoms with Gasteiger partial charge in [0.05, 0.1) is 4.92 Å². The average Bonchev–Trinajstić information content (AvgIpc) is 2.92. The maximum atomic E-state index is 11.6. The van der Waals surface area contributed by atoms with Crippen molar-refractivity contribution in [1.82, 2.24) is 15.3 Å². The van der Waals surface area contributed by atoms with Gasteiger partial charge in [-0.25, -0.2) is 9.78 Å². The van der Waals surface area contributed by atoms with Crippen molar-refractivity contribution < 1.29 is 9.72 Å². The number of urea groups is 1. The van der Waals surface area contributed by atoms with Gasteiger partial charge in [0.15, 0.2) is 0 Å². The minimum Gasteiger partial charge on any atom is -0.349 e. The number of hydrogen-bond donors (Lipinski definition) is 3. The van der Waals surface area contributed by atoms with E-state index < -0.39 is 11.0 Å². The van der Waals surface area contributed by atoms with Gasteiger partial charge in [0.2, 0.25) is 0 Å². The van der Waals surface area contributed by atoms with Crippen molar-refractivity contribution in [2.75, 3.05) is 11.9 Å². The number of amides is 2. The number of nitro groups is 1. The van der Waals surface area contributed by atoms with Crippen LogP contribution in [0, 0.1) is 10.1 Å². The van der Waals surface area contributed by atoms with Crippen LogP contribution in [0.15, 0.2) is 36.7 Å². The van der Waals surface area contributed by atoms with Crippen molar-refractivity contribution in [3.8, 4) is 0 Å². The van der Waals surface area contributed by atoms with Crippen LogP contribution in [0.4, 0.5) is 16.2 Å². The predicted octanol–water partition coefficient (Wildman–Crippen LogP) is 1.68. The lowest BCUT2D eigenvalue weighted by atomic mass is 10.3. The van der Waals surface area contributed by atoms with Crippen molar-refractivity contribution >= 4 is 17.4 Å². The Balaban J connectivity index is 1.82. The zero-order chi connectivity index (χ0) is 14.4. The lowest BCUT2D eigenvalue weighted by molar-refractivity contribution is -0.384. The van der Waals surface area contributed by atoms with Gasteiger partial charge < -0.3 is 15.6 Å². The zero-order valence-corrected chi connectivity index (χ0v) is 10.5. The predicted molar refractivity (Wildman–Crippen MR) is 72.4 cm³/mol. The Morgan fingerprint density at radius 2 is 2.30 bits per heavy atom. The van der Waals surface area contributed by atoms with Crippen LogP contribution in [0.2, 0.25) is 0 Å². The van der Waals surface area contributed by atoms with Gasteiger partial charge in [-0.15, -0.1) is 0 Å². The fourth-order valence-electron chi connectivity index (χ4n) is 1.60. The molecule has 0 aliphatic rings.